The van der Waals surface area contributed by atoms with Gasteiger partial charge >= 0.3 is 5.97 Å². The minimum absolute atomic E-state index is 0.00352. The molecule has 0 saturated carbocycles. The Morgan fingerprint density at radius 2 is 1.95 bits per heavy atom. The van der Waals surface area contributed by atoms with Crippen LogP contribution in [0.4, 0.5) is 8.78 Å². The highest BCUT2D eigenvalue weighted by atomic mass is 32.2. The number of halogens is 2. The van der Waals surface area contributed by atoms with Crippen LogP contribution >= 0.6 is 0 Å². The zero-order valence-corrected chi connectivity index (χ0v) is 11.1. The number of fused-ring (bicyclic) bond motifs is 1. The van der Waals surface area contributed by atoms with Crippen molar-refractivity contribution in [1.82, 2.24) is 9.55 Å². The Balaban J connectivity index is 2.69. The number of carbonyl (C=O) groups is 1. The van der Waals surface area contributed by atoms with E-state index in [1.165, 1.54) is 0 Å². The predicted octanol–water partition coefficient (Wildman–Crippen LogP) is 0.944. The normalized spacial score (nSPS) is 11.9. The van der Waals surface area contributed by atoms with E-state index in [-0.39, 0.29) is 16.9 Å². The quantitative estimate of drug-likeness (QED) is 0.908. The van der Waals surface area contributed by atoms with Gasteiger partial charge in [-0.05, 0) is 0 Å². The molecule has 0 atom stereocenters. The highest BCUT2D eigenvalue weighted by molar-refractivity contribution is 7.89. The van der Waals surface area contributed by atoms with Crippen molar-refractivity contribution < 1.29 is 27.1 Å². The number of carboxylic acids is 1. The molecular formula is C11H10F2N2O4S. The third kappa shape index (κ3) is 2.93. The highest BCUT2D eigenvalue weighted by Gasteiger charge is 2.19. The largest absolute Gasteiger partial charge is 0.480 e. The van der Waals surface area contributed by atoms with E-state index in [2.05, 4.69) is 4.98 Å². The first-order valence-electron chi connectivity index (χ1n) is 5.41. The Hall–Kier alpha value is -2.03. The van der Waals surface area contributed by atoms with Crippen molar-refractivity contribution in [2.75, 3.05) is 6.26 Å². The maximum atomic E-state index is 13.2. The van der Waals surface area contributed by atoms with Crippen LogP contribution in [0.3, 0.4) is 0 Å². The number of aromatic nitrogens is 2. The molecular weight excluding hydrogens is 294 g/mol. The molecule has 108 valence electrons. The van der Waals surface area contributed by atoms with Crippen molar-refractivity contribution in [3.8, 4) is 0 Å². The average molecular weight is 304 g/mol. The van der Waals surface area contributed by atoms with Gasteiger partial charge in [0.05, 0.1) is 11.0 Å². The van der Waals surface area contributed by atoms with Crippen LogP contribution in [0.15, 0.2) is 12.1 Å². The van der Waals surface area contributed by atoms with Crippen LogP contribution in [0, 0.1) is 11.6 Å². The highest BCUT2D eigenvalue weighted by Crippen LogP contribution is 2.21. The summed E-state index contributed by atoms with van der Waals surface area (Å²) in [5.74, 6) is -4.13. The average Bonchev–Trinajstić information content (AvgIpc) is 2.55. The van der Waals surface area contributed by atoms with E-state index in [1.54, 1.807) is 0 Å². The number of rotatable bonds is 4. The van der Waals surface area contributed by atoms with Crippen LogP contribution in [0.5, 0.6) is 0 Å². The van der Waals surface area contributed by atoms with E-state index < -0.39 is 39.7 Å². The third-order valence-electron chi connectivity index (χ3n) is 2.55. The first kappa shape index (κ1) is 14.4. The first-order chi connectivity index (χ1) is 9.17. The Morgan fingerprint density at radius 3 is 2.50 bits per heavy atom. The molecule has 1 aromatic heterocycles. The summed E-state index contributed by atoms with van der Waals surface area (Å²) in [6, 6.07) is 1.60. The Kier molecular flexibility index (Phi) is 3.46. The van der Waals surface area contributed by atoms with Gasteiger partial charge in [0.15, 0.2) is 21.5 Å². The van der Waals surface area contributed by atoms with Gasteiger partial charge in [0.2, 0.25) is 0 Å². The van der Waals surface area contributed by atoms with Gasteiger partial charge in [0.1, 0.15) is 18.1 Å². The fourth-order valence-electron chi connectivity index (χ4n) is 1.83. The first-order valence-corrected chi connectivity index (χ1v) is 7.47. The smallest absolute Gasteiger partial charge is 0.323 e. The van der Waals surface area contributed by atoms with Gasteiger partial charge in [-0.15, -0.1) is 0 Å². The molecule has 0 saturated heterocycles. The SMILES string of the molecule is CS(=O)(=O)Cc1nc2cc(F)c(F)cc2n1CC(=O)O. The molecule has 0 spiro atoms. The number of imidazole rings is 1. The van der Waals surface area contributed by atoms with Gasteiger partial charge in [-0.3, -0.25) is 4.79 Å². The molecule has 1 N–H and O–H groups in total. The zero-order valence-electron chi connectivity index (χ0n) is 10.3. The Labute approximate surface area is 112 Å². The molecule has 0 aliphatic carbocycles. The summed E-state index contributed by atoms with van der Waals surface area (Å²) in [7, 11) is -3.47. The summed E-state index contributed by atoms with van der Waals surface area (Å²) in [6.07, 6.45) is 0.957. The maximum Gasteiger partial charge on any atom is 0.323 e. The fourth-order valence-corrected chi connectivity index (χ4v) is 2.52. The van der Waals surface area contributed by atoms with E-state index >= 15 is 0 Å². The third-order valence-corrected chi connectivity index (χ3v) is 3.34. The van der Waals surface area contributed by atoms with Crippen LogP contribution in [0.2, 0.25) is 0 Å². The van der Waals surface area contributed by atoms with Gasteiger partial charge in [-0.2, -0.15) is 0 Å². The molecule has 0 aliphatic rings. The fraction of sp³-hybridized carbons (Fsp3) is 0.273. The van der Waals surface area contributed by atoms with Crippen molar-refractivity contribution in [2.45, 2.75) is 12.3 Å². The molecule has 1 heterocycles. The van der Waals surface area contributed by atoms with Gasteiger partial charge < -0.3 is 9.67 Å². The second kappa shape index (κ2) is 4.82. The van der Waals surface area contributed by atoms with E-state index in [1.807, 2.05) is 0 Å². The number of benzene rings is 1. The summed E-state index contributed by atoms with van der Waals surface area (Å²) in [6.45, 7) is -0.591. The number of aliphatic carboxylic acids is 1. The number of sulfone groups is 1. The van der Waals surface area contributed by atoms with Crippen molar-refractivity contribution in [1.29, 1.82) is 0 Å². The zero-order chi connectivity index (χ0) is 15.1. The maximum absolute atomic E-state index is 13.2. The second-order valence-electron chi connectivity index (χ2n) is 4.33. The minimum atomic E-state index is -3.47. The van der Waals surface area contributed by atoms with Crippen molar-refractivity contribution in [3.63, 3.8) is 0 Å². The van der Waals surface area contributed by atoms with Gasteiger partial charge in [-0.25, -0.2) is 22.2 Å². The van der Waals surface area contributed by atoms with Gasteiger partial charge in [0, 0.05) is 18.4 Å². The standard InChI is InChI=1S/C11H10F2N2O4S/c1-20(18,19)5-10-14-8-2-6(12)7(13)3-9(8)15(10)4-11(16)17/h2-3H,4-5H2,1H3,(H,16,17). The number of hydrogen-bond acceptors (Lipinski definition) is 4. The molecule has 0 aliphatic heterocycles. The number of nitrogens with zero attached hydrogens (tertiary/aromatic N) is 2. The molecule has 0 unspecified atom stereocenters. The lowest BCUT2D eigenvalue weighted by Crippen LogP contribution is -2.14. The summed E-state index contributed by atoms with van der Waals surface area (Å²) in [5, 5.41) is 8.83. The molecule has 2 rings (SSSR count). The number of hydrogen-bond donors (Lipinski definition) is 1. The van der Waals surface area contributed by atoms with Crippen LogP contribution in [0.25, 0.3) is 11.0 Å². The second-order valence-corrected chi connectivity index (χ2v) is 6.47. The molecule has 20 heavy (non-hydrogen) atoms. The lowest BCUT2D eigenvalue weighted by Gasteiger charge is -2.05. The van der Waals surface area contributed by atoms with Crippen LogP contribution < -0.4 is 0 Å². The van der Waals surface area contributed by atoms with Crippen molar-refractivity contribution >= 4 is 26.8 Å². The molecule has 0 bridgehead atoms. The minimum Gasteiger partial charge on any atom is -0.480 e. The number of carboxylic acid groups (broad SMARTS) is 1. The van der Waals surface area contributed by atoms with Gasteiger partial charge in [-0.1, -0.05) is 0 Å². The molecule has 6 nitrogen and oxygen atoms in total. The van der Waals surface area contributed by atoms with Crippen LogP contribution in [-0.4, -0.2) is 35.3 Å². The van der Waals surface area contributed by atoms with Crippen molar-refractivity contribution in [2.24, 2.45) is 0 Å². The van der Waals surface area contributed by atoms with Crippen LogP contribution in [-0.2, 0) is 26.9 Å². The lowest BCUT2D eigenvalue weighted by molar-refractivity contribution is -0.137. The van der Waals surface area contributed by atoms with Crippen LogP contribution in [0.1, 0.15) is 5.82 Å². The molecule has 0 amide bonds. The lowest BCUT2D eigenvalue weighted by atomic mass is 10.3. The molecule has 2 aromatic rings. The monoisotopic (exact) mass is 304 g/mol. The Morgan fingerprint density at radius 1 is 1.35 bits per heavy atom. The van der Waals surface area contributed by atoms with Crippen molar-refractivity contribution in [3.05, 3.63) is 29.6 Å². The predicted molar refractivity (Wildman–Crippen MR) is 65.8 cm³/mol. The summed E-state index contributed by atoms with van der Waals surface area (Å²) < 4.78 is 50.0. The van der Waals surface area contributed by atoms with E-state index in [0.717, 1.165) is 23.0 Å². The summed E-state index contributed by atoms with van der Waals surface area (Å²) in [4.78, 5) is 14.7. The molecule has 1 aromatic carbocycles. The van der Waals surface area contributed by atoms with E-state index in [0.29, 0.717) is 0 Å². The Bertz CT molecular complexity index is 798. The van der Waals surface area contributed by atoms with E-state index in [4.69, 9.17) is 5.11 Å². The molecule has 0 fully saturated rings. The summed E-state index contributed by atoms with van der Waals surface area (Å²) in [5.41, 5.74) is 0.0359. The van der Waals surface area contributed by atoms with E-state index in [9.17, 15) is 22.0 Å². The van der Waals surface area contributed by atoms with Gasteiger partial charge in [0.25, 0.3) is 0 Å². The topological polar surface area (TPSA) is 89.3 Å². The molecule has 0 radical (unpaired) electrons. The summed E-state index contributed by atoms with van der Waals surface area (Å²) >= 11 is 0. The molecule has 9 heteroatoms.